The third-order valence-corrected chi connectivity index (χ3v) is 2.64. The number of hydrogen-bond acceptors (Lipinski definition) is 3. The Morgan fingerprint density at radius 2 is 2.25 bits per heavy atom. The van der Waals surface area contributed by atoms with Gasteiger partial charge in [0.25, 0.3) is 5.69 Å². The van der Waals surface area contributed by atoms with Gasteiger partial charge in [-0.25, -0.2) is 0 Å². The van der Waals surface area contributed by atoms with Gasteiger partial charge >= 0.3 is 0 Å². The Bertz CT molecular complexity index is 442. The van der Waals surface area contributed by atoms with Crippen LogP contribution in [0.2, 0.25) is 5.02 Å². The quantitative estimate of drug-likeness (QED) is 0.652. The van der Waals surface area contributed by atoms with E-state index in [0.29, 0.717) is 10.6 Å². The highest BCUT2D eigenvalue weighted by Gasteiger charge is 2.08. The Hall–Kier alpha value is -1.39. The molecule has 1 unspecified atom stereocenters. The maximum absolute atomic E-state index is 10.6. The number of nitro benzene ring substituents is 1. The lowest BCUT2D eigenvalue weighted by Gasteiger charge is -2.06. The number of nitrogens with two attached hydrogens (primary N) is 1. The van der Waals surface area contributed by atoms with E-state index in [0.717, 1.165) is 5.57 Å². The van der Waals surface area contributed by atoms with E-state index in [2.05, 4.69) is 0 Å². The SMILES string of the molecule is C/C(=C\c1cc([N+](=O)[O-])ccc1Cl)C(C)N. The molecule has 1 aromatic rings. The van der Waals surface area contributed by atoms with E-state index < -0.39 is 4.92 Å². The van der Waals surface area contributed by atoms with E-state index in [9.17, 15) is 10.1 Å². The van der Waals surface area contributed by atoms with E-state index in [1.165, 1.54) is 18.2 Å². The van der Waals surface area contributed by atoms with Crippen LogP contribution in [0, 0.1) is 10.1 Å². The standard InChI is InChI=1S/C11H13ClN2O2/c1-7(8(2)13)5-9-6-10(14(15)16)3-4-11(9)12/h3-6,8H,13H2,1-2H3/b7-5+. The molecule has 86 valence electrons. The van der Waals surface area contributed by atoms with Gasteiger partial charge in [0, 0.05) is 23.2 Å². The Morgan fingerprint density at radius 3 is 2.75 bits per heavy atom. The largest absolute Gasteiger partial charge is 0.324 e. The average Bonchev–Trinajstić information content (AvgIpc) is 2.20. The van der Waals surface area contributed by atoms with Crippen molar-refractivity contribution in [2.45, 2.75) is 19.9 Å². The normalized spacial score (nSPS) is 13.6. The molecule has 0 aliphatic heterocycles. The first-order chi connectivity index (χ1) is 7.41. The van der Waals surface area contributed by atoms with Crippen LogP contribution in [0.4, 0.5) is 5.69 Å². The maximum Gasteiger partial charge on any atom is 0.270 e. The van der Waals surface area contributed by atoms with Gasteiger partial charge in [0.15, 0.2) is 0 Å². The molecule has 0 radical (unpaired) electrons. The highest BCUT2D eigenvalue weighted by Crippen LogP contribution is 2.24. The predicted octanol–water partition coefficient (Wildman–Crippen LogP) is 3.00. The van der Waals surface area contributed by atoms with Crippen molar-refractivity contribution in [3.8, 4) is 0 Å². The van der Waals surface area contributed by atoms with E-state index >= 15 is 0 Å². The van der Waals surface area contributed by atoms with E-state index in [-0.39, 0.29) is 11.7 Å². The molecule has 16 heavy (non-hydrogen) atoms. The summed E-state index contributed by atoms with van der Waals surface area (Å²) in [5.41, 5.74) is 7.24. The molecule has 4 nitrogen and oxygen atoms in total. The monoisotopic (exact) mass is 240 g/mol. The summed E-state index contributed by atoms with van der Waals surface area (Å²) >= 11 is 5.94. The van der Waals surface area contributed by atoms with Gasteiger partial charge in [-0.2, -0.15) is 0 Å². The number of rotatable bonds is 3. The summed E-state index contributed by atoms with van der Waals surface area (Å²) in [5, 5.41) is 11.1. The van der Waals surface area contributed by atoms with Crippen molar-refractivity contribution in [1.82, 2.24) is 0 Å². The zero-order valence-corrected chi connectivity index (χ0v) is 9.86. The minimum Gasteiger partial charge on any atom is -0.324 e. The average molecular weight is 241 g/mol. The van der Waals surface area contributed by atoms with Crippen LogP contribution >= 0.6 is 11.6 Å². The van der Waals surface area contributed by atoms with E-state index in [4.69, 9.17) is 17.3 Å². The van der Waals surface area contributed by atoms with Gasteiger partial charge in [0.1, 0.15) is 0 Å². The summed E-state index contributed by atoms with van der Waals surface area (Å²) in [6.07, 6.45) is 1.76. The maximum atomic E-state index is 10.6. The second kappa shape index (κ2) is 5.09. The van der Waals surface area contributed by atoms with Crippen LogP contribution in [0.1, 0.15) is 19.4 Å². The molecule has 2 N–H and O–H groups in total. The van der Waals surface area contributed by atoms with Crippen molar-refractivity contribution in [1.29, 1.82) is 0 Å². The van der Waals surface area contributed by atoms with E-state index in [1.54, 1.807) is 6.08 Å². The van der Waals surface area contributed by atoms with Crippen molar-refractivity contribution in [2.24, 2.45) is 5.73 Å². The first kappa shape index (κ1) is 12.7. The summed E-state index contributed by atoms with van der Waals surface area (Å²) in [7, 11) is 0. The third kappa shape index (κ3) is 3.05. The molecule has 0 amide bonds. The van der Waals surface area contributed by atoms with Crippen LogP contribution in [0.15, 0.2) is 23.8 Å². The number of hydrogen-bond donors (Lipinski definition) is 1. The Kier molecular flexibility index (Phi) is 4.04. The van der Waals surface area contributed by atoms with Gasteiger partial charge in [0.05, 0.1) is 4.92 Å². The highest BCUT2D eigenvalue weighted by atomic mass is 35.5. The number of benzene rings is 1. The number of nitrogens with zero attached hydrogens (tertiary/aromatic N) is 1. The molecule has 0 fully saturated rings. The predicted molar refractivity (Wildman–Crippen MR) is 65.4 cm³/mol. The minimum atomic E-state index is -0.450. The fraction of sp³-hybridized carbons (Fsp3) is 0.273. The van der Waals surface area contributed by atoms with Gasteiger partial charge < -0.3 is 5.73 Å². The van der Waals surface area contributed by atoms with Crippen molar-refractivity contribution in [2.75, 3.05) is 0 Å². The van der Waals surface area contributed by atoms with Gasteiger partial charge in [-0.1, -0.05) is 23.3 Å². The Morgan fingerprint density at radius 1 is 1.62 bits per heavy atom. The number of halogens is 1. The van der Waals surface area contributed by atoms with Gasteiger partial charge in [-0.3, -0.25) is 10.1 Å². The van der Waals surface area contributed by atoms with Crippen LogP contribution in [0.3, 0.4) is 0 Å². The molecule has 0 saturated heterocycles. The molecule has 0 bridgehead atoms. The Labute approximate surface area is 98.9 Å². The summed E-state index contributed by atoms with van der Waals surface area (Å²) in [6, 6.07) is 4.23. The summed E-state index contributed by atoms with van der Waals surface area (Å²) in [5.74, 6) is 0. The lowest BCUT2D eigenvalue weighted by Crippen LogP contribution is -2.15. The second-order valence-corrected chi connectivity index (χ2v) is 4.05. The van der Waals surface area contributed by atoms with Crippen molar-refractivity contribution in [3.63, 3.8) is 0 Å². The molecule has 0 aliphatic rings. The smallest absolute Gasteiger partial charge is 0.270 e. The lowest BCUT2D eigenvalue weighted by atomic mass is 10.1. The summed E-state index contributed by atoms with van der Waals surface area (Å²) in [4.78, 5) is 10.2. The first-order valence-electron chi connectivity index (χ1n) is 4.79. The number of nitro groups is 1. The van der Waals surface area contributed by atoms with Gasteiger partial charge in [0.2, 0.25) is 0 Å². The van der Waals surface area contributed by atoms with Crippen molar-refractivity contribution >= 4 is 23.4 Å². The zero-order chi connectivity index (χ0) is 12.3. The summed E-state index contributed by atoms with van der Waals surface area (Å²) in [6.45, 7) is 3.71. The molecular formula is C11H13ClN2O2. The third-order valence-electron chi connectivity index (χ3n) is 2.29. The molecule has 0 aliphatic carbocycles. The molecule has 1 atom stereocenters. The molecule has 1 rings (SSSR count). The fourth-order valence-corrected chi connectivity index (χ4v) is 1.30. The molecule has 0 aromatic heterocycles. The molecule has 1 aromatic carbocycles. The van der Waals surface area contributed by atoms with Gasteiger partial charge in [-0.15, -0.1) is 0 Å². The summed E-state index contributed by atoms with van der Waals surface area (Å²) < 4.78 is 0. The van der Waals surface area contributed by atoms with Crippen LogP contribution in [0.5, 0.6) is 0 Å². The van der Waals surface area contributed by atoms with Crippen molar-refractivity contribution in [3.05, 3.63) is 44.5 Å². The van der Waals surface area contributed by atoms with Gasteiger partial charge in [-0.05, 0) is 25.5 Å². The second-order valence-electron chi connectivity index (χ2n) is 3.64. The molecule has 5 heteroatoms. The molecule has 0 saturated carbocycles. The topological polar surface area (TPSA) is 69.2 Å². The van der Waals surface area contributed by atoms with Crippen molar-refractivity contribution < 1.29 is 4.92 Å². The highest BCUT2D eigenvalue weighted by molar-refractivity contribution is 6.32. The first-order valence-corrected chi connectivity index (χ1v) is 5.17. The zero-order valence-electron chi connectivity index (χ0n) is 9.11. The Balaban J connectivity index is 3.18. The van der Waals surface area contributed by atoms with Crippen LogP contribution < -0.4 is 5.73 Å². The molecule has 0 heterocycles. The number of non-ortho nitro benzene ring substituents is 1. The van der Waals surface area contributed by atoms with Crippen LogP contribution in [-0.2, 0) is 0 Å². The fourth-order valence-electron chi connectivity index (χ4n) is 1.13. The van der Waals surface area contributed by atoms with Crippen LogP contribution in [-0.4, -0.2) is 11.0 Å². The lowest BCUT2D eigenvalue weighted by molar-refractivity contribution is -0.384. The minimum absolute atomic E-state index is 0.0214. The molecular weight excluding hydrogens is 228 g/mol. The van der Waals surface area contributed by atoms with E-state index in [1.807, 2.05) is 13.8 Å². The molecule has 0 spiro atoms. The van der Waals surface area contributed by atoms with Crippen LogP contribution in [0.25, 0.3) is 6.08 Å².